The molecule has 1 unspecified atom stereocenters. The highest BCUT2D eigenvalue weighted by molar-refractivity contribution is 7.89. The molecule has 0 amide bonds. The van der Waals surface area contributed by atoms with Gasteiger partial charge >= 0.3 is 0 Å². The summed E-state index contributed by atoms with van der Waals surface area (Å²) in [4.78, 5) is -0.371. The summed E-state index contributed by atoms with van der Waals surface area (Å²) < 4.78 is 39.6. The van der Waals surface area contributed by atoms with E-state index in [9.17, 15) is 12.8 Å². The summed E-state index contributed by atoms with van der Waals surface area (Å²) in [5.41, 5.74) is 0. The fraction of sp³-hybridized carbons (Fsp3) is 0.455. The van der Waals surface area contributed by atoms with Gasteiger partial charge in [-0.15, -0.1) is 12.4 Å². The number of hydrogen-bond donors (Lipinski definition) is 1. The molecule has 0 saturated carbocycles. The van der Waals surface area contributed by atoms with E-state index in [2.05, 4.69) is 5.32 Å². The summed E-state index contributed by atoms with van der Waals surface area (Å²) in [6.45, 7) is 1.35. The number of sulfonamides is 1. The van der Waals surface area contributed by atoms with Crippen LogP contribution in [0.15, 0.2) is 23.1 Å². The highest BCUT2D eigenvalue weighted by Gasteiger charge is 2.32. The SMILES string of the molecule is CN(C1CCNC1)S(=O)(=O)c1cccc(Cl)c1F.Cl. The second kappa shape index (κ2) is 6.37. The topological polar surface area (TPSA) is 49.4 Å². The molecule has 1 fully saturated rings. The molecule has 0 aromatic heterocycles. The van der Waals surface area contributed by atoms with E-state index < -0.39 is 15.8 Å². The summed E-state index contributed by atoms with van der Waals surface area (Å²) in [7, 11) is -2.38. The van der Waals surface area contributed by atoms with Crippen molar-refractivity contribution < 1.29 is 12.8 Å². The molecule has 1 aliphatic heterocycles. The van der Waals surface area contributed by atoms with Gasteiger partial charge in [0.05, 0.1) is 5.02 Å². The van der Waals surface area contributed by atoms with Gasteiger partial charge < -0.3 is 5.32 Å². The Morgan fingerprint density at radius 3 is 2.74 bits per heavy atom. The zero-order valence-electron chi connectivity index (χ0n) is 10.3. The van der Waals surface area contributed by atoms with Gasteiger partial charge in [0.2, 0.25) is 10.0 Å². The molecule has 8 heteroatoms. The number of halogens is 3. The molecule has 19 heavy (non-hydrogen) atoms. The van der Waals surface area contributed by atoms with Crippen LogP contribution in [0.3, 0.4) is 0 Å². The van der Waals surface area contributed by atoms with Crippen LogP contribution >= 0.6 is 24.0 Å². The van der Waals surface area contributed by atoms with Crippen LogP contribution in [0.2, 0.25) is 5.02 Å². The standard InChI is InChI=1S/C11H14ClFN2O2S.ClH/c1-15(8-5-6-14-7-8)18(16,17)10-4-2-3-9(12)11(10)13;/h2-4,8,14H,5-7H2,1H3;1H. The maximum absolute atomic E-state index is 13.8. The Kier molecular flexibility index (Phi) is 5.58. The zero-order valence-corrected chi connectivity index (χ0v) is 12.7. The summed E-state index contributed by atoms with van der Waals surface area (Å²) in [5.74, 6) is -0.892. The van der Waals surface area contributed by atoms with Crippen LogP contribution < -0.4 is 5.32 Å². The summed E-state index contributed by atoms with van der Waals surface area (Å²) in [6.07, 6.45) is 0.720. The van der Waals surface area contributed by atoms with Gasteiger partial charge in [-0.25, -0.2) is 12.8 Å². The predicted octanol–water partition coefficient (Wildman–Crippen LogP) is 1.88. The Morgan fingerprint density at radius 2 is 2.16 bits per heavy atom. The van der Waals surface area contributed by atoms with Crippen molar-refractivity contribution in [1.29, 1.82) is 0 Å². The van der Waals surface area contributed by atoms with Gasteiger partial charge in [-0.2, -0.15) is 4.31 Å². The van der Waals surface area contributed by atoms with E-state index >= 15 is 0 Å². The number of rotatable bonds is 3. The monoisotopic (exact) mass is 328 g/mol. The van der Waals surface area contributed by atoms with Crippen LogP contribution in [-0.4, -0.2) is 38.9 Å². The van der Waals surface area contributed by atoms with E-state index in [1.54, 1.807) is 0 Å². The van der Waals surface area contributed by atoms with Crippen molar-refractivity contribution in [3.8, 4) is 0 Å². The minimum Gasteiger partial charge on any atom is -0.315 e. The lowest BCUT2D eigenvalue weighted by Gasteiger charge is -2.23. The molecule has 1 aromatic rings. The van der Waals surface area contributed by atoms with Crippen LogP contribution in [0.25, 0.3) is 0 Å². The first-order valence-corrected chi connectivity index (χ1v) is 7.39. The molecule has 0 aliphatic carbocycles. The minimum atomic E-state index is -3.84. The van der Waals surface area contributed by atoms with Crippen molar-refractivity contribution in [3.05, 3.63) is 29.0 Å². The van der Waals surface area contributed by atoms with Gasteiger partial charge in [0.1, 0.15) is 4.90 Å². The second-order valence-electron chi connectivity index (χ2n) is 4.22. The van der Waals surface area contributed by atoms with Crippen molar-refractivity contribution in [1.82, 2.24) is 9.62 Å². The van der Waals surface area contributed by atoms with Crippen molar-refractivity contribution in [2.45, 2.75) is 17.4 Å². The molecule has 0 spiro atoms. The lowest BCUT2D eigenvalue weighted by Crippen LogP contribution is -2.38. The number of hydrogen-bond acceptors (Lipinski definition) is 3. The molecule has 1 aromatic carbocycles. The van der Waals surface area contributed by atoms with E-state index in [0.29, 0.717) is 6.54 Å². The van der Waals surface area contributed by atoms with Crippen molar-refractivity contribution in [2.24, 2.45) is 0 Å². The second-order valence-corrected chi connectivity index (χ2v) is 6.59. The molecule has 1 atom stereocenters. The Morgan fingerprint density at radius 1 is 1.47 bits per heavy atom. The van der Waals surface area contributed by atoms with Gasteiger partial charge in [-0.05, 0) is 25.1 Å². The van der Waals surface area contributed by atoms with Gasteiger partial charge in [0.25, 0.3) is 0 Å². The number of nitrogens with one attached hydrogen (secondary N) is 1. The van der Waals surface area contributed by atoms with Crippen molar-refractivity contribution in [3.63, 3.8) is 0 Å². The molecule has 0 radical (unpaired) electrons. The van der Waals surface area contributed by atoms with E-state index in [4.69, 9.17) is 11.6 Å². The maximum atomic E-state index is 13.8. The Labute approximate surface area is 123 Å². The largest absolute Gasteiger partial charge is 0.315 e. The quantitative estimate of drug-likeness (QED) is 0.921. The van der Waals surface area contributed by atoms with Crippen molar-refractivity contribution in [2.75, 3.05) is 20.1 Å². The van der Waals surface area contributed by atoms with E-state index in [0.717, 1.165) is 13.0 Å². The van der Waals surface area contributed by atoms with E-state index in [1.165, 1.54) is 29.6 Å². The third kappa shape index (κ3) is 3.20. The summed E-state index contributed by atoms with van der Waals surface area (Å²) >= 11 is 5.61. The first kappa shape index (κ1) is 16.7. The molecule has 1 heterocycles. The minimum absolute atomic E-state index is 0. The van der Waals surface area contributed by atoms with Crippen LogP contribution in [0.4, 0.5) is 4.39 Å². The lowest BCUT2D eigenvalue weighted by atomic mass is 10.3. The number of benzene rings is 1. The highest BCUT2D eigenvalue weighted by atomic mass is 35.5. The maximum Gasteiger partial charge on any atom is 0.246 e. The van der Waals surface area contributed by atoms with Crippen LogP contribution in [0, 0.1) is 5.82 Å². The van der Waals surface area contributed by atoms with Gasteiger partial charge in [-0.1, -0.05) is 17.7 Å². The molecule has 108 valence electrons. The molecule has 0 bridgehead atoms. The molecular weight excluding hydrogens is 314 g/mol. The van der Waals surface area contributed by atoms with Gasteiger partial charge in [0, 0.05) is 19.6 Å². The number of nitrogens with zero attached hydrogens (tertiary/aromatic N) is 1. The van der Waals surface area contributed by atoms with Gasteiger partial charge in [-0.3, -0.25) is 0 Å². The molecule has 4 nitrogen and oxygen atoms in total. The predicted molar refractivity (Wildman–Crippen MR) is 74.9 cm³/mol. The molecule has 2 rings (SSSR count). The summed E-state index contributed by atoms with van der Waals surface area (Å²) in [6, 6.07) is 3.84. The first-order valence-electron chi connectivity index (χ1n) is 5.57. The van der Waals surface area contributed by atoms with Crippen LogP contribution in [0.1, 0.15) is 6.42 Å². The fourth-order valence-electron chi connectivity index (χ4n) is 1.98. The van der Waals surface area contributed by atoms with Crippen molar-refractivity contribution >= 4 is 34.0 Å². The zero-order chi connectivity index (χ0) is 13.3. The average molecular weight is 329 g/mol. The lowest BCUT2D eigenvalue weighted by molar-refractivity contribution is 0.385. The van der Waals surface area contributed by atoms with Gasteiger partial charge in [0.15, 0.2) is 5.82 Å². The Hall–Kier alpha value is -0.400. The third-order valence-corrected chi connectivity index (χ3v) is 5.34. The number of likely N-dealkylation sites (N-methyl/N-ethyl adjacent to an activating group) is 1. The molecule has 1 saturated heterocycles. The fourth-order valence-corrected chi connectivity index (χ4v) is 3.68. The smallest absolute Gasteiger partial charge is 0.246 e. The van der Waals surface area contributed by atoms with Crippen LogP contribution in [-0.2, 0) is 10.0 Å². The molecule has 1 N–H and O–H groups in total. The first-order chi connectivity index (χ1) is 8.44. The van der Waals surface area contributed by atoms with Crippen LogP contribution in [0.5, 0.6) is 0 Å². The summed E-state index contributed by atoms with van der Waals surface area (Å²) in [5, 5.41) is 2.89. The normalized spacial score (nSPS) is 19.5. The van der Waals surface area contributed by atoms with E-state index in [1.807, 2.05) is 0 Å². The van der Waals surface area contributed by atoms with E-state index in [-0.39, 0.29) is 28.4 Å². The molecular formula is C11H15Cl2FN2O2S. The Bertz CT molecular complexity index is 548. The molecule has 1 aliphatic rings. The Balaban J connectivity index is 0.00000180. The highest BCUT2D eigenvalue weighted by Crippen LogP contribution is 2.26. The third-order valence-electron chi connectivity index (χ3n) is 3.12. The average Bonchev–Trinajstić information content (AvgIpc) is 2.85.